The molecule has 1 aromatic carbocycles. The molecule has 0 aliphatic carbocycles. The summed E-state index contributed by atoms with van der Waals surface area (Å²) in [6.45, 7) is 1.89. The summed E-state index contributed by atoms with van der Waals surface area (Å²) in [5.74, 6) is 0. The van der Waals surface area contributed by atoms with E-state index in [1.165, 1.54) is 12.1 Å². The quantitative estimate of drug-likeness (QED) is 0.662. The molecular formula is C13H13N3O2. The van der Waals surface area contributed by atoms with Gasteiger partial charge in [-0.1, -0.05) is 6.07 Å². The van der Waals surface area contributed by atoms with Crippen molar-refractivity contribution in [3.8, 4) is 0 Å². The Balaban J connectivity index is 2.44. The summed E-state index contributed by atoms with van der Waals surface area (Å²) in [5, 5.41) is 10.8. The molecule has 0 aliphatic rings. The molecule has 1 atom stereocenters. The van der Waals surface area contributed by atoms with Crippen LogP contribution in [0.4, 0.5) is 5.69 Å². The maximum absolute atomic E-state index is 10.8. The van der Waals surface area contributed by atoms with Gasteiger partial charge in [0.2, 0.25) is 0 Å². The van der Waals surface area contributed by atoms with Crippen molar-refractivity contribution in [2.45, 2.75) is 13.0 Å². The van der Waals surface area contributed by atoms with Gasteiger partial charge in [-0.25, -0.2) is 0 Å². The second-order valence-electron chi connectivity index (χ2n) is 4.06. The molecule has 1 aromatic heterocycles. The Labute approximate surface area is 104 Å². The number of nitro groups is 1. The van der Waals surface area contributed by atoms with Crippen LogP contribution in [0.15, 0.2) is 42.7 Å². The number of nitro benzene ring substituents is 1. The highest BCUT2D eigenvalue weighted by atomic mass is 16.6. The lowest BCUT2D eigenvalue weighted by Gasteiger charge is -2.14. The average molecular weight is 243 g/mol. The molecule has 0 amide bonds. The van der Waals surface area contributed by atoms with Crippen molar-refractivity contribution in [1.82, 2.24) is 4.98 Å². The highest BCUT2D eigenvalue weighted by Crippen LogP contribution is 2.26. The average Bonchev–Trinajstić information content (AvgIpc) is 2.39. The second kappa shape index (κ2) is 4.93. The smallest absolute Gasteiger partial charge is 0.269 e. The van der Waals surface area contributed by atoms with Crippen LogP contribution in [0.1, 0.15) is 22.7 Å². The van der Waals surface area contributed by atoms with Crippen molar-refractivity contribution in [3.63, 3.8) is 0 Å². The van der Waals surface area contributed by atoms with E-state index in [0.29, 0.717) is 0 Å². The van der Waals surface area contributed by atoms with Crippen molar-refractivity contribution in [3.05, 3.63) is 69.5 Å². The molecule has 5 nitrogen and oxygen atoms in total. The molecular weight excluding hydrogens is 230 g/mol. The number of rotatable bonds is 3. The molecule has 2 rings (SSSR count). The number of hydrogen-bond donors (Lipinski definition) is 1. The van der Waals surface area contributed by atoms with Crippen molar-refractivity contribution >= 4 is 5.69 Å². The SMILES string of the molecule is Cc1ccc([N+](=O)[O-])cc1C(N)c1ccncc1. The molecule has 1 unspecified atom stereocenters. The molecule has 5 heteroatoms. The first-order valence-electron chi connectivity index (χ1n) is 5.50. The maximum Gasteiger partial charge on any atom is 0.269 e. The highest BCUT2D eigenvalue weighted by molar-refractivity contribution is 5.44. The molecule has 0 saturated heterocycles. The van der Waals surface area contributed by atoms with Crippen molar-refractivity contribution < 1.29 is 4.92 Å². The van der Waals surface area contributed by atoms with E-state index in [1.807, 2.05) is 19.1 Å². The third-order valence-corrected chi connectivity index (χ3v) is 2.87. The molecule has 0 spiro atoms. The van der Waals surface area contributed by atoms with Crippen LogP contribution in [-0.4, -0.2) is 9.91 Å². The fourth-order valence-electron chi connectivity index (χ4n) is 1.83. The lowest BCUT2D eigenvalue weighted by atomic mass is 9.96. The summed E-state index contributed by atoms with van der Waals surface area (Å²) in [4.78, 5) is 14.3. The summed E-state index contributed by atoms with van der Waals surface area (Å²) in [7, 11) is 0. The van der Waals surface area contributed by atoms with E-state index in [1.54, 1.807) is 18.5 Å². The number of nitrogens with two attached hydrogens (primary N) is 1. The van der Waals surface area contributed by atoms with Gasteiger partial charge < -0.3 is 5.73 Å². The molecule has 1 heterocycles. The molecule has 0 bridgehead atoms. The number of benzene rings is 1. The van der Waals surface area contributed by atoms with Crippen molar-refractivity contribution in [1.29, 1.82) is 0 Å². The Morgan fingerprint density at radius 2 is 1.94 bits per heavy atom. The van der Waals surface area contributed by atoms with Gasteiger partial charge in [0.25, 0.3) is 5.69 Å². The Morgan fingerprint density at radius 3 is 2.56 bits per heavy atom. The van der Waals surface area contributed by atoms with Gasteiger partial charge in [0.1, 0.15) is 0 Å². The van der Waals surface area contributed by atoms with E-state index in [9.17, 15) is 10.1 Å². The zero-order valence-electron chi connectivity index (χ0n) is 9.91. The van der Waals surface area contributed by atoms with Crippen LogP contribution in [0, 0.1) is 17.0 Å². The van der Waals surface area contributed by atoms with Gasteiger partial charge in [0, 0.05) is 24.5 Å². The largest absolute Gasteiger partial charge is 0.320 e. The number of hydrogen-bond acceptors (Lipinski definition) is 4. The van der Waals surface area contributed by atoms with Gasteiger partial charge in [-0.15, -0.1) is 0 Å². The zero-order chi connectivity index (χ0) is 13.1. The summed E-state index contributed by atoms with van der Waals surface area (Å²) in [6.07, 6.45) is 3.31. The molecule has 0 aliphatic heterocycles. The normalized spacial score (nSPS) is 12.1. The van der Waals surface area contributed by atoms with Gasteiger partial charge in [-0.05, 0) is 35.7 Å². The van der Waals surface area contributed by atoms with Crippen LogP contribution in [-0.2, 0) is 0 Å². The van der Waals surface area contributed by atoms with Gasteiger partial charge in [0.05, 0.1) is 11.0 Å². The molecule has 0 radical (unpaired) electrons. The van der Waals surface area contributed by atoms with E-state index >= 15 is 0 Å². The summed E-state index contributed by atoms with van der Waals surface area (Å²) >= 11 is 0. The van der Waals surface area contributed by atoms with E-state index in [-0.39, 0.29) is 11.7 Å². The molecule has 2 N–H and O–H groups in total. The minimum Gasteiger partial charge on any atom is -0.320 e. The maximum atomic E-state index is 10.8. The van der Waals surface area contributed by atoms with Crippen molar-refractivity contribution in [2.24, 2.45) is 5.73 Å². The summed E-state index contributed by atoms with van der Waals surface area (Å²) < 4.78 is 0. The van der Waals surface area contributed by atoms with Crippen LogP contribution < -0.4 is 5.73 Å². The summed E-state index contributed by atoms with van der Waals surface area (Å²) in [5.41, 5.74) is 8.77. The van der Waals surface area contributed by atoms with E-state index in [0.717, 1.165) is 16.7 Å². The fourth-order valence-corrected chi connectivity index (χ4v) is 1.83. The third kappa shape index (κ3) is 2.36. The van der Waals surface area contributed by atoms with E-state index < -0.39 is 4.92 Å². The summed E-state index contributed by atoms with van der Waals surface area (Å²) in [6, 6.07) is 7.96. The van der Waals surface area contributed by atoms with Crippen LogP contribution >= 0.6 is 0 Å². The van der Waals surface area contributed by atoms with Crippen LogP contribution in [0.3, 0.4) is 0 Å². The first-order valence-corrected chi connectivity index (χ1v) is 5.50. The number of aromatic nitrogens is 1. The minimum absolute atomic E-state index is 0.0557. The van der Waals surface area contributed by atoms with E-state index in [4.69, 9.17) is 5.73 Å². The fraction of sp³-hybridized carbons (Fsp3) is 0.154. The predicted molar refractivity (Wildman–Crippen MR) is 68.1 cm³/mol. The lowest BCUT2D eigenvalue weighted by Crippen LogP contribution is -2.13. The predicted octanol–water partition coefficient (Wildman–Crippen LogP) is 2.35. The topological polar surface area (TPSA) is 82.0 Å². The third-order valence-electron chi connectivity index (χ3n) is 2.87. The van der Waals surface area contributed by atoms with Gasteiger partial charge in [-0.3, -0.25) is 15.1 Å². The molecule has 92 valence electrons. The molecule has 2 aromatic rings. The molecule has 0 saturated carbocycles. The van der Waals surface area contributed by atoms with E-state index in [2.05, 4.69) is 4.98 Å². The minimum atomic E-state index is -0.414. The number of aryl methyl sites for hydroxylation is 1. The molecule has 0 fully saturated rings. The second-order valence-corrected chi connectivity index (χ2v) is 4.06. The van der Waals surface area contributed by atoms with Gasteiger partial charge in [0.15, 0.2) is 0 Å². The van der Waals surface area contributed by atoms with Crippen LogP contribution in [0.2, 0.25) is 0 Å². The van der Waals surface area contributed by atoms with Crippen LogP contribution in [0.5, 0.6) is 0 Å². The first kappa shape index (κ1) is 12.2. The zero-order valence-corrected chi connectivity index (χ0v) is 9.91. The number of pyridine rings is 1. The Morgan fingerprint density at radius 1 is 1.28 bits per heavy atom. The van der Waals surface area contributed by atoms with Gasteiger partial charge in [-0.2, -0.15) is 0 Å². The van der Waals surface area contributed by atoms with Crippen molar-refractivity contribution in [2.75, 3.05) is 0 Å². The van der Waals surface area contributed by atoms with Crippen LogP contribution in [0.25, 0.3) is 0 Å². The molecule has 18 heavy (non-hydrogen) atoms. The number of non-ortho nitro benzene ring substituents is 1. The Kier molecular flexibility index (Phi) is 3.34. The number of nitrogens with zero attached hydrogens (tertiary/aromatic N) is 2. The first-order chi connectivity index (χ1) is 8.59. The lowest BCUT2D eigenvalue weighted by molar-refractivity contribution is -0.384. The monoisotopic (exact) mass is 243 g/mol. The Hall–Kier alpha value is -2.27. The Bertz CT molecular complexity index is 570. The highest BCUT2D eigenvalue weighted by Gasteiger charge is 2.15. The standard InChI is InChI=1S/C13H13N3O2/c1-9-2-3-11(16(17)18)8-12(9)13(14)10-4-6-15-7-5-10/h2-8,13H,14H2,1H3. The van der Waals surface area contributed by atoms with Gasteiger partial charge >= 0.3 is 0 Å².